The van der Waals surface area contributed by atoms with Crippen molar-refractivity contribution in [3.8, 4) is 17.4 Å². The summed E-state index contributed by atoms with van der Waals surface area (Å²) < 4.78 is 11.3. The number of rotatable bonds is 9. The van der Waals surface area contributed by atoms with E-state index in [0.29, 0.717) is 39.8 Å². The monoisotopic (exact) mass is 448 g/mol. The van der Waals surface area contributed by atoms with Gasteiger partial charge in [-0.3, -0.25) is 0 Å². The molecule has 2 aromatic carbocycles. The van der Waals surface area contributed by atoms with Gasteiger partial charge < -0.3 is 24.8 Å². The molecule has 3 aromatic rings. The maximum atomic E-state index is 9.87. The van der Waals surface area contributed by atoms with Crippen LogP contribution in [-0.2, 0) is 0 Å². The molecule has 2 N–H and O–H groups in total. The number of benzene rings is 2. The van der Waals surface area contributed by atoms with Crippen LogP contribution in [0.25, 0.3) is 0 Å². The number of hydrogen-bond donors (Lipinski definition) is 2. The van der Waals surface area contributed by atoms with Crippen LogP contribution in [0.15, 0.2) is 54.9 Å². The van der Waals surface area contributed by atoms with E-state index in [1.807, 2.05) is 43.3 Å². The number of anilines is 2. The second-order valence-corrected chi connectivity index (χ2v) is 7.64. The molecule has 0 saturated heterocycles. The van der Waals surface area contributed by atoms with Crippen molar-refractivity contribution in [2.24, 2.45) is 0 Å². The maximum Gasteiger partial charge on any atom is 0.224 e. The average molecular weight is 449 g/mol. The molecule has 0 radical (unpaired) electrons. The van der Waals surface area contributed by atoms with E-state index in [1.54, 1.807) is 24.3 Å². The lowest BCUT2D eigenvalue weighted by molar-refractivity contribution is 0.0831. The van der Waals surface area contributed by atoms with Gasteiger partial charge in [0.1, 0.15) is 36.4 Å². The number of nitrogens with one attached hydrogen (secondary N) is 1. The van der Waals surface area contributed by atoms with Gasteiger partial charge in [0.2, 0.25) is 5.88 Å². The maximum absolute atomic E-state index is 9.87. The van der Waals surface area contributed by atoms with Crippen LogP contribution in [0.3, 0.4) is 0 Å². The molecular weight excluding hydrogens is 427 g/mol. The number of hydrogen-bond acceptors (Lipinski definition) is 7. The van der Waals surface area contributed by atoms with Crippen LogP contribution in [0.5, 0.6) is 17.4 Å². The molecule has 1 heterocycles. The third kappa shape index (κ3) is 6.74. The van der Waals surface area contributed by atoms with E-state index < -0.39 is 6.10 Å². The molecule has 0 amide bonds. The van der Waals surface area contributed by atoms with Gasteiger partial charge in [0.15, 0.2) is 0 Å². The number of aliphatic hydroxyl groups is 1. The molecule has 0 aliphatic rings. The average Bonchev–Trinajstić information content (AvgIpc) is 2.70. The number of likely N-dealkylation sites (N-methyl/N-ethyl adjacent to an activating group) is 1. The second kappa shape index (κ2) is 10.4. The minimum absolute atomic E-state index is 0.226. The Balaban J connectivity index is 1.60. The van der Waals surface area contributed by atoms with Crippen molar-refractivity contribution in [1.29, 1.82) is 0 Å². The first-order valence-corrected chi connectivity index (χ1v) is 9.92. The lowest BCUT2D eigenvalue weighted by Gasteiger charge is -2.16. The molecule has 0 fully saturated rings. The van der Waals surface area contributed by atoms with Gasteiger partial charge in [0.25, 0.3) is 0 Å². The van der Waals surface area contributed by atoms with E-state index in [0.717, 1.165) is 5.69 Å². The van der Waals surface area contributed by atoms with Gasteiger partial charge in [0, 0.05) is 29.4 Å². The molecule has 0 spiro atoms. The fourth-order valence-corrected chi connectivity index (χ4v) is 2.90. The zero-order valence-corrected chi connectivity index (χ0v) is 18.1. The molecule has 0 aliphatic carbocycles. The third-order valence-corrected chi connectivity index (χ3v) is 4.44. The first kappa shape index (κ1) is 22.1. The summed E-state index contributed by atoms with van der Waals surface area (Å²) in [4.78, 5) is 10.2. The smallest absolute Gasteiger partial charge is 0.224 e. The molecule has 0 aliphatic heterocycles. The van der Waals surface area contributed by atoms with Crippen molar-refractivity contribution in [1.82, 2.24) is 14.9 Å². The molecule has 0 saturated carbocycles. The van der Waals surface area contributed by atoms with Gasteiger partial charge in [-0.15, -0.1) is 0 Å². The van der Waals surface area contributed by atoms with E-state index in [1.165, 1.54) is 6.33 Å². The van der Waals surface area contributed by atoms with Crippen LogP contribution in [0, 0.1) is 0 Å². The van der Waals surface area contributed by atoms with Gasteiger partial charge in [0.05, 0.1) is 5.02 Å². The number of aliphatic hydroxyl groups excluding tert-OH is 1. The summed E-state index contributed by atoms with van der Waals surface area (Å²) in [5, 5.41) is 14.0. The van der Waals surface area contributed by atoms with Gasteiger partial charge in [-0.2, -0.15) is 0 Å². The van der Waals surface area contributed by atoms with E-state index in [4.69, 9.17) is 32.7 Å². The summed E-state index contributed by atoms with van der Waals surface area (Å²) in [5.41, 5.74) is 0.807. The van der Waals surface area contributed by atoms with Crippen LogP contribution in [0.1, 0.15) is 0 Å². The lowest BCUT2D eigenvalue weighted by atomic mass is 10.3. The molecule has 7 nitrogen and oxygen atoms in total. The molecule has 0 bridgehead atoms. The van der Waals surface area contributed by atoms with Crippen LogP contribution >= 0.6 is 23.2 Å². The summed E-state index contributed by atoms with van der Waals surface area (Å²) in [5.74, 6) is 1.95. The minimum Gasteiger partial charge on any atom is -0.491 e. The summed E-state index contributed by atoms with van der Waals surface area (Å²) in [6.45, 7) is 0.766. The Hall–Kier alpha value is -2.58. The van der Waals surface area contributed by atoms with Crippen molar-refractivity contribution in [2.75, 3.05) is 32.6 Å². The number of ether oxygens (including phenoxy) is 2. The first-order valence-electron chi connectivity index (χ1n) is 9.16. The van der Waals surface area contributed by atoms with Gasteiger partial charge in [-0.05, 0) is 50.5 Å². The predicted octanol–water partition coefficient (Wildman–Crippen LogP) is 4.62. The van der Waals surface area contributed by atoms with Crippen molar-refractivity contribution < 1.29 is 14.6 Å². The fourth-order valence-electron chi connectivity index (χ4n) is 2.58. The van der Waals surface area contributed by atoms with Crippen LogP contribution < -0.4 is 14.8 Å². The van der Waals surface area contributed by atoms with Crippen LogP contribution in [0.4, 0.5) is 11.5 Å². The Morgan fingerprint density at radius 3 is 2.57 bits per heavy atom. The Morgan fingerprint density at radius 2 is 1.83 bits per heavy atom. The highest BCUT2D eigenvalue weighted by atomic mass is 35.5. The Labute approximate surface area is 185 Å². The Bertz CT molecular complexity index is 971. The highest BCUT2D eigenvalue weighted by molar-refractivity contribution is 6.34. The number of nitrogens with zero attached hydrogens (tertiary/aromatic N) is 3. The van der Waals surface area contributed by atoms with Crippen LogP contribution in [0.2, 0.25) is 10.0 Å². The molecule has 1 unspecified atom stereocenters. The summed E-state index contributed by atoms with van der Waals surface area (Å²) in [6, 6.07) is 13.9. The zero-order valence-electron chi connectivity index (χ0n) is 16.5. The molecule has 30 heavy (non-hydrogen) atoms. The lowest BCUT2D eigenvalue weighted by Crippen LogP contribution is -2.30. The summed E-state index contributed by atoms with van der Waals surface area (Å²) in [6.07, 6.45) is 0.838. The largest absolute Gasteiger partial charge is 0.491 e. The van der Waals surface area contributed by atoms with E-state index in [9.17, 15) is 5.11 Å². The number of aromatic nitrogens is 2. The fraction of sp³-hybridized carbons (Fsp3) is 0.238. The van der Waals surface area contributed by atoms with Crippen LogP contribution in [-0.4, -0.2) is 53.3 Å². The first-order chi connectivity index (χ1) is 14.4. The topological polar surface area (TPSA) is 79.7 Å². The Kier molecular flexibility index (Phi) is 7.70. The highest BCUT2D eigenvalue weighted by Gasteiger charge is 2.08. The summed E-state index contributed by atoms with van der Waals surface area (Å²) in [7, 11) is 3.80. The molecule has 1 atom stereocenters. The minimum atomic E-state index is -0.551. The third-order valence-electron chi connectivity index (χ3n) is 3.89. The quantitative estimate of drug-likeness (QED) is 0.494. The molecule has 158 valence electrons. The van der Waals surface area contributed by atoms with Crippen molar-refractivity contribution in [2.45, 2.75) is 6.10 Å². The van der Waals surface area contributed by atoms with Crippen molar-refractivity contribution in [3.63, 3.8) is 0 Å². The normalized spacial score (nSPS) is 11.9. The van der Waals surface area contributed by atoms with E-state index >= 15 is 0 Å². The van der Waals surface area contributed by atoms with Crippen molar-refractivity contribution >= 4 is 34.7 Å². The molecule has 1 aromatic heterocycles. The van der Waals surface area contributed by atoms with E-state index in [2.05, 4.69) is 15.3 Å². The highest BCUT2D eigenvalue weighted by Crippen LogP contribution is 2.31. The van der Waals surface area contributed by atoms with Gasteiger partial charge in [-0.25, -0.2) is 9.97 Å². The molecule has 3 rings (SSSR count). The van der Waals surface area contributed by atoms with Gasteiger partial charge >= 0.3 is 0 Å². The van der Waals surface area contributed by atoms with E-state index in [-0.39, 0.29) is 6.61 Å². The second-order valence-electron chi connectivity index (χ2n) is 6.79. The SMILES string of the molecule is CN(C)CC(O)COc1ccc(Nc2cc(Oc3cc(Cl)ccc3Cl)ncn2)cc1. The number of halogens is 2. The van der Waals surface area contributed by atoms with Crippen molar-refractivity contribution in [3.05, 3.63) is 64.9 Å². The van der Waals surface area contributed by atoms with Gasteiger partial charge in [-0.1, -0.05) is 23.2 Å². The zero-order chi connectivity index (χ0) is 21.5. The standard InChI is InChI=1S/C21H22Cl2N4O3/c1-27(2)11-16(28)12-29-17-6-4-15(5-7-17)26-20-10-21(25-13-24-20)30-19-9-14(22)3-8-18(19)23/h3-10,13,16,28H,11-12H2,1-2H3,(H,24,25,26). The predicted molar refractivity (Wildman–Crippen MR) is 118 cm³/mol. The summed E-state index contributed by atoms with van der Waals surface area (Å²) >= 11 is 12.1. The Morgan fingerprint density at radius 1 is 1.07 bits per heavy atom. The molecular formula is C21H22Cl2N4O3. The molecule has 9 heteroatoms.